The number of para-hydroxylation sites is 1. The van der Waals surface area contributed by atoms with Crippen molar-refractivity contribution in [1.82, 2.24) is 63.1 Å². The third-order valence-corrected chi connectivity index (χ3v) is 15.2. The van der Waals surface area contributed by atoms with Gasteiger partial charge in [-0.25, -0.2) is 0 Å². The predicted molar refractivity (Wildman–Crippen MR) is 329 cm³/mol. The summed E-state index contributed by atoms with van der Waals surface area (Å²) in [5.74, 6) is -11.5. The normalized spacial score (nSPS) is 17.5. The first-order valence-corrected chi connectivity index (χ1v) is 30.6. The predicted octanol–water partition coefficient (Wildman–Crippen LogP) is -4.27. The average molecular weight is 1270 g/mol. The number of hydrogen-bond donors (Lipinski definition) is 18. The van der Waals surface area contributed by atoms with E-state index in [2.05, 4.69) is 58.2 Å². The lowest BCUT2D eigenvalue weighted by Gasteiger charge is -2.29. The highest BCUT2D eigenvalue weighted by Gasteiger charge is 2.40. The monoisotopic (exact) mass is 1270 g/mol. The van der Waals surface area contributed by atoms with Gasteiger partial charge in [0.2, 0.25) is 65.0 Å². The molecule has 0 bridgehead atoms. The number of nitrogens with zero attached hydrogens (tertiary/aromatic N) is 1. The average Bonchev–Trinajstić information content (AvgIpc) is 1.73. The van der Waals surface area contributed by atoms with Crippen LogP contribution in [0.2, 0.25) is 0 Å². The third-order valence-electron chi connectivity index (χ3n) is 15.2. The molecule has 90 heavy (non-hydrogen) atoms. The fourth-order valence-corrected chi connectivity index (χ4v) is 9.82. The molecular formula is C59H97N15O16. The maximum atomic E-state index is 14.5. The molecule has 1 aliphatic heterocycles. The van der Waals surface area contributed by atoms with Crippen LogP contribution in [-0.4, -0.2) is 212 Å². The van der Waals surface area contributed by atoms with Crippen LogP contribution >= 0.6 is 0 Å². The van der Waals surface area contributed by atoms with Gasteiger partial charge >= 0.3 is 5.97 Å². The van der Waals surface area contributed by atoms with E-state index in [1.807, 2.05) is 0 Å². The first-order chi connectivity index (χ1) is 42.4. The Morgan fingerprint density at radius 3 is 1.58 bits per heavy atom. The Bertz CT molecular complexity index is 2780. The van der Waals surface area contributed by atoms with E-state index >= 15 is 0 Å². The van der Waals surface area contributed by atoms with Gasteiger partial charge in [-0.05, 0) is 129 Å². The standard InChI is InChI=1S/C59H97N15O16/c1-29(2)25-41(53(83)72-46(30(3)4)56(86)68-39(19-12-14-22-60)50(80)66-33(7)59(89)90)69-49(79)32(6)65-57(87)47(35(9)77)73-51(81)40(20-13-15-23-61)67-52(82)42(26-36-27-63-38-18-11-10-17-37(36)38)70-48(78)31(5)64-54(84)43(28-75)71-55(85)44-21-16-24-74(44)58(88)45(62)34(8)76/h10-11,17-18,27,29-35,39-47,63,75-77H,12-16,19-26,28,60-62H2,1-9H3,(H,64,84)(H,65,87)(H,66,80)(H,67,82)(H,68,86)(H,69,79)(H,70,78)(H,71,85)(H,72,83)(H,73,81)(H,89,90)/t31-,32-,33-,34+,35+,39-,40-,41-,42-,43-,44-,45-,46-,47-/m0/s1. The minimum Gasteiger partial charge on any atom is -0.480 e. The van der Waals surface area contributed by atoms with Crippen molar-refractivity contribution in [2.45, 2.75) is 211 Å². The Morgan fingerprint density at radius 2 is 1.04 bits per heavy atom. The largest absolute Gasteiger partial charge is 0.480 e. The first-order valence-electron chi connectivity index (χ1n) is 30.6. The van der Waals surface area contributed by atoms with Crippen molar-refractivity contribution in [2.75, 3.05) is 26.2 Å². The van der Waals surface area contributed by atoms with Crippen molar-refractivity contribution in [3.63, 3.8) is 0 Å². The Balaban J connectivity index is 1.81. The molecule has 2 heterocycles. The molecule has 1 aromatic heterocycles. The zero-order valence-electron chi connectivity index (χ0n) is 52.9. The number of aliphatic hydroxyl groups excluding tert-OH is 3. The van der Waals surface area contributed by atoms with Crippen molar-refractivity contribution in [1.29, 1.82) is 0 Å². The van der Waals surface area contributed by atoms with E-state index in [1.165, 1.54) is 39.5 Å². The molecule has 2 aromatic rings. The number of benzene rings is 1. The molecule has 21 N–H and O–H groups in total. The second-order valence-corrected chi connectivity index (χ2v) is 23.7. The lowest BCUT2D eigenvalue weighted by molar-refractivity contribution is -0.142. The minimum absolute atomic E-state index is 0.0505. The number of carboxylic acids is 1. The molecule has 1 aromatic carbocycles. The van der Waals surface area contributed by atoms with Gasteiger partial charge in [-0.1, -0.05) is 45.9 Å². The van der Waals surface area contributed by atoms with Gasteiger partial charge < -0.3 is 101 Å². The molecule has 0 spiro atoms. The molecule has 0 saturated carbocycles. The van der Waals surface area contributed by atoms with Crippen LogP contribution in [0, 0.1) is 11.8 Å². The molecule has 0 aliphatic carbocycles. The van der Waals surface area contributed by atoms with Crippen LogP contribution in [-0.2, 0) is 64.0 Å². The van der Waals surface area contributed by atoms with Gasteiger partial charge in [0.1, 0.15) is 72.5 Å². The number of H-pyrrole nitrogens is 1. The maximum absolute atomic E-state index is 14.5. The second kappa shape index (κ2) is 37.4. The summed E-state index contributed by atoms with van der Waals surface area (Å²) in [5, 5.41) is 66.3. The van der Waals surface area contributed by atoms with Crippen LogP contribution in [0.15, 0.2) is 30.5 Å². The fourth-order valence-electron chi connectivity index (χ4n) is 9.82. The van der Waals surface area contributed by atoms with E-state index in [-0.39, 0.29) is 57.5 Å². The lowest BCUT2D eigenvalue weighted by Crippen LogP contribution is -2.62. The number of aliphatic carboxylic acids is 1. The molecular weight excluding hydrogens is 1170 g/mol. The summed E-state index contributed by atoms with van der Waals surface area (Å²) in [6.07, 6.45) is 0.911. The number of rotatable bonds is 38. The molecule has 0 radical (unpaired) electrons. The zero-order valence-corrected chi connectivity index (χ0v) is 52.9. The van der Waals surface area contributed by atoms with Crippen LogP contribution in [0.5, 0.6) is 0 Å². The molecule has 3 rings (SSSR count). The van der Waals surface area contributed by atoms with E-state index < -0.39 is 168 Å². The summed E-state index contributed by atoms with van der Waals surface area (Å²) in [6.45, 7) is 12.9. The van der Waals surface area contributed by atoms with Crippen molar-refractivity contribution in [2.24, 2.45) is 29.0 Å². The van der Waals surface area contributed by atoms with Crippen LogP contribution < -0.4 is 70.4 Å². The van der Waals surface area contributed by atoms with Crippen molar-refractivity contribution >= 4 is 81.9 Å². The number of nitrogens with one attached hydrogen (secondary N) is 11. The molecule has 1 aliphatic rings. The van der Waals surface area contributed by atoms with Gasteiger partial charge in [-0.15, -0.1) is 0 Å². The number of unbranched alkanes of at least 4 members (excludes halogenated alkanes) is 2. The number of carbonyl (C=O) groups is 12. The summed E-state index contributed by atoms with van der Waals surface area (Å²) in [5.41, 5.74) is 18.5. The van der Waals surface area contributed by atoms with E-state index in [1.54, 1.807) is 58.2 Å². The molecule has 0 unspecified atom stereocenters. The Kier molecular flexibility index (Phi) is 31.7. The van der Waals surface area contributed by atoms with Crippen LogP contribution in [0.1, 0.15) is 126 Å². The number of fused-ring (bicyclic) bond motifs is 1. The van der Waals surface area contributed by atoms with E-state index in [9.17, 15) is 78.0 Å². The smallest absolute Gasteiger partial charge is 0.325 e. The number of aromatic amines is 1. The number of aromatic nitrogens is 1. The number of likely N-dealkylation sites (tertiary alicyclic amines) is 1. The van der Waals surface area contributed by atoms with Gasteiger partial charge in [-0.2, -0.15) is 0 Å². The van der Waals surface area contributed by atoms with Gasteiger partial charge in [0.15, 0.2) is 0 Å². The van der Waals surface area contributed by atoms with Crippen LogP contribution in [0.25, 0.3) is 10.9 Å². The van der Waals surface area contributed by atoms with Gasteiger partial charge in [-0.3, -0.25) is 57.5 Å². The van der Waals surface area contributed by atoms with Crippen molar-refractivity contribution < 1.29 is 78.0 Å². The number of nitrogens with two attached hydrogens (primary N) is 3. The number of carboxylic acid groups (broad SMARTS) is 1. The molecule has 31 heteroatoms. The number of carbonyl (C=O) groups excluding carboxylic acids is 11. The van der Waals surface area contributed by atoms with E-state index in [0.29, 0.717) is 48.7 Å². The van der Waals surface area contributed by atoms with Crippen LogP contribution in [0.3, 0.4) is 0 Å². The molecule has 1 saturated heterocycles. The minimum atomic E-state index is -1.75. The SMILES string of the molecule is CC(C)C[C@H](NC(=O)[C@H](C)NC(=O)[C@@H](NC(=O)[C@H](CCCCN)NC(=O)[C@H](Cc1c[nH]c2ccccc12)NC(=O)[C@H](C)NC(=O)[C@H](CO)NC(=O)[C@@H]1CCCN1C(=O)[C@@H](N)[C@@H](C)O)[C@@H](C)O)C(=O)N[C@H](C(=O)N[C@@H](CCCCN)C(=O)N[C@@H](C)C(=O)O)C(C)C. The first kappa shape index (κ1) is 76.4. The molecule has 504 valence electrons. The summed E-state index contributed by atoms with van der Waals surface area (Å²) >= 11 is 0. The zero-order chi connectivity index (χ0) is 67.7. The highest BCUT2D eigenvalue weighted by molar-refractivity contribution is 6.00. The van der Waals surface area contributed by atoms with E-state index in [0.717, 1.165) is 0 Å². The summed E-state index contributed by atoms with van der Waals surface area (Å²) in [7, 11) is 0. The highest BCUT2D eigenvalue weighted by atomic mass is 16.4. The van der Waals surface area contributed by atoms with E-state index in [4.69, 9.17) is 17.2 Å². The van der Waals surface area contributed by atoms with Crippen molar-refractivity contribution in [3.8, 4) is 0 Å². The van der Waals surface area contributed by atoms with Gasteiger partial charge in [0.05, 0.1) is 18.8 Å². The fraction of sp³-hybridized carbons (Fsp3) is 0.661. The molecule has 14 atom stereocenters. The second-order valence-electron chi connectivity index (χ2n) is 23.7. The molecule has 11 amide bonds. The number of aliphatic hydroxyl groups is 3. The van der Waals surface area contributed by atoms with Gasteiger partial charge in [0.25, 0.3) is 0 Å². The lowest BCUT2D eigenvalue weighted by atomic mass is 9.99. The Morgan fingerprint density at radius 1 is 0.567 bits per heavy atom. The number of amides is 11. The summed E-state index contributed by atoms with van der Waals surface area (Å²) < 4.78 is 0. The Labute approximate surface area is 523 Å². The summed E-state index contributed by atoms with van der Waals surface area (Å²) in [6, 6.07) is -9.33. The maximum Gasteiger partial charge on any atom is 0.325 e. The molecule has 31 nitrogen and oxygen atoms in total. The van der Waals surface area contributed by atoms with Crippen LogP contribution in [0.4, 0.5) is 0 Å². The summed E-state index contributed by atoms with van der Waals surface area (Å²) in [4.78, 5) is 167. The van der Waals surface area contributed by atoms with Gasteiger partial charge in [0, 0.05) is 30.1 Å². The topological polar surface area (TPSA) is 503 Å². The Hall–Kier alpha value is -7.84. The van der Waals surface area contributed by atoms with Crippen molar-refractivity contribution in [3.05, 3.63) is 36.0 Å². The quantitative estimate of drug-likeness (QED) is 0.0283. The number of hydrogen-bond acceptors (Lipinski definition) is 18. The third kappa shape index (κ3) is 23.5. The molecule has 1 fully saturated rings. The highest BCUT2D eigenvalue weighted by Crippen LogP contribution is 2.21.